The third-order valence-electron chi connectivity index (χ3n) is 4.60. The maximum absolute atomic E-state index is 14.2. The van der Waals surface area contributed by atoms with Crippen molar-refractivity contribution in [2.45, 2.75) is 25.9 Å². The number of carbonyl (C=O) groups excluding carboxylic acids is 1. The Kier molecular flexibility index (Phi) is 5.00. The zero-order chi connectivity index (χ0) is 18.9. The van der Waals surface area contributed by atoms with Crippen molar-refractivity contribution in [1.29, 1.82) is 0 Å². The Morgan fingerprint density at radius 2 is 1.73 bits per heavy atom. The minimum Gasteiger partial charge on any atom is -0.336 e. The number of fused-ring (bicyclic) bond motifs is 1. The molecule has 1 aliphatic rings. The van der Waals surface area contributed by atoms with E-state index in [0.717, 1.165) is 16.1 Å². The molecule has 0 fully saturated rings. The van der Waals surface area contributed by atoms with E-state index < -0.39 is 21.9 Å². The molecule has 0 spiro atoms. The molecule has 0 N–H and O–H groups in total. The summed E-state index contributed by atoms with van der Waals surface area (Å²) in [5.74, 6) is -1.02. The number of rotatable bonds is 4. The summed E-state index contributed by atoms with van der Waals surface area (Å²) in [6, 6.07) is 12.4. The Morgan fingerprint density at radius 3 is 2.38 bits per heavy atom. The Bertz CT molecular complexity index is 930. The molecule has 0 radical (unpaired) electrons. The van der Waals surface area contributed by atoms with Gasteiger partial charge >= 0.3 is 0 Å². The van der Waals surface area contributed by atoms with Crippen molar-refractivity contribution < 1.29 is 17.6 Å². The van der Waals surface area contributed by atoms with Gasteiger partial charge < -0.3 is 4.90 Å². The number of para-hydroxylation sites is 1. The van der Waals surface area contributed by atoms with Gasteiger partial charge in [-0.1, -0.05) is 36.4 Å². The second kappa shape index (κ2) is 7.07. The molecular weight excluding hydrogens is 355 g/mol. The van der Waals surface area contributed by atoms with Crippen molar-refractivity contribution in [3.8, 4) is 0 Å². The van der Waals surface area contributed by atoms with E-state index in [4.69, 9.17) is 0 Å². The van der Waals surface area contributed by atoms with Gasteiger partial charge in [-0.25, -0.2) is 12.8 Å². The SMILES string of the molecule is C[C@@H](C(=O)N1CCc2ccccc2C1)N(c1ccccc1F)S(C)(=O)=O. The molecular formula is C19H21FN2O3S. The van der Waals surface area contributed by atoms with Crippen LogP contribution in [-0.2, 0) is 27.8 Å². The van der Waals surface area contributed by atoms with Gasteiger partial charge in [-0.3, -0.25) is 9.10 Å². The summed E-state index contributed by atoms with van der Waals surface area (Å²) in [4.78, 5) is 14.6. The molecule has 0 aliphatic carbocycles. The molecule has 0 aromatic heterocycles. The number of nitrogens with zero attached hydrogens (tertiary/aromatic N) is 2. The zero-order valence-corrected chi connectivity index (χ0v) is 15.5. The van der Waals surface area contributed by atoms with Crippen LogP contribution in [0.15, 0.2) is 48.5 Å². The number of benzene rings is 2. The van der Waals surface area contributed by atoms with E-state index in [9.17, 15) is 17.6 Å². The van der Waals surface area contributed by atoms with Gasteiger partial charge in [0.25, 0.3) is 0 Å². The third-order valence-corrected chi connectivity index (χ3v) is 5.83. The summed E-state index contributed by atoms with van der Waals surface area (Å²) in [6.07, 6.45) is 1.70. The lowest BCUT2D eigenvalue weighted by Gasteiger charge is -2.35. The molecule has 138 valence electrons. The normalized spacial score (nSPS) is 15.3. The molecule has 1 heterocycles. The minimum atomic E-state index is -3.84. The van der Waals surface area contributed by atoms with Crippen molar-refractivity contribution in [1.82, 2.24) is 4.90 Å². The Hall–Kier alpha value is -2.41. The van der Waals surface area contributed by atoms with E-state index in [2.05, 4.69) is 0 Å². The second-order valence-electron chi connectivity index (χ2n) is 6.46. The summed E-state index contributed by atoms with van der Waals surface area (Å²) in [5.41, 5.74) is 2.13. The van der Waals surface area contributed by atoms with E-state index in [1.165, 1.54) is 30.7 Å². The molecule has 1 atom stereocenters. The number of halogens is 1. The number of anilines is 1. The lowest BCUT2D eigenvalue weighted by molar-refractivity contribution is -0.132. The lowest BCUT2D eigenvalue weighted by atomic mass is 9.99. The summed E-state index contributed by atoms with van der Waals surface area (Å²) < 4.78 is 39.7. The van der Waals surface area contributed by atoms with Gasteiger partial charge in [-0.15, -0.1) is 0 Å². The Balaban J connectivity index is 1.89. The highest BCUT2D eigenvalue weighted by Crippen LogP contribution is 2.26. The molecule has 2 aromatic rings. The van der Waals surface area contributed by atoms with Crippen LogP contribution in [0.5, 0.6) is 0 Å². The molecule has 5 nitrogen and oxygen atoms in total. The molecule has 0 bridgehead atoms. The highest BCUT2D eigenvalue weighted by Gasteiger charge is 2.34. The average molecular weight is 376 g/mol. The van der Waals surface area contributed by atoms with Crippen LogP contribution >= 0.6 is 0 Å². The van der Waals surface area contributed by atoms with Crippen molar-refractivity contribution >= 4 is 21.6 Å². The van der Waals surface area contributed by atoms with Gasteiger partial charge in [0.15, 0.2) is 0 Å². The summed E-state index contributed by atoms with van der Waals surface area (Å²) in [6.45, 7) is 2.43. The summed E-state index contributed by atoms with van der Waals surface area (Å²) in [7, 11) is -3.84. The molecule has 1 aliphatic heterocycles. The van der Waals surface area contributed by atoms with E-state index in [0.29, 0.717) is 19.5 Å². The largest absolute Gasteiger partial charge is 0.336 e. The summed E-state index contributed by atoms with van der Waals surface area (Å²) in [5, 5.41) is 0. The van der Waals surface area contributed by atoms with Crippen molar-refractivity contribution in [2.75, 3.05) is 17.1 Å². The van der Waals surface area contributed by atoms with Crippen LogP contribution in [0, 0.1) is 5.82 Å². The molecule has 26 heavy (non-hydrogen) atoms. The maximum Gasteiger partial charge on any atom is 0.246 e. The van der Waals surface area contributed by atoms with E-state index in [1.807, 2.05) is 24.3 Å². The Labute approximate surface area is 153 Å². The smallest absolute Gasteiger partial charge is 0.246 e. The highest BCUT2D eigenvalue weighted by molar-refractivity contribution is 7.92. The standard InChI is InChI=1S/C19H21FN2O3S/c1-14(22(26(2,24)25)18-10-6-5-9-17(18)20)19(23)21-12-11-15-7-3-4-8-16(15)13-21/h3-10,14H,11-13H2,1-2H3/t14-/m0/s1. The number of hydrogen-bond donors (Lipinski definition) is 0. The first-order chi connectivity index (χ1) is 12.3. The van der Waals surface area contributed by atoms with E-state index >= 15 is 0 Å². The topological polar surface area (TPSA) is 57.7 Å². The van der Waals surface area contributed by atoms with Gasteiger partial charge in [0.05, 0.1) is 11.9 Å². The predicted molar refractivity (Wildman–Crippen MR) is 98.7 cm³/mol. The minimum absolute atomic E-state index is 0.117. The molecule has 0 saturated heterocycles. The van der Waals surface area contributed by atoms with Gasteiger partial charge in [0.1, 0.15) is 11.9 Å². The van der Waals surface area contributed by atoms with Crippen LogP contribution in [0.2, 0.25) is 0 Å². The van der Waals surface area contributed by atoms with Crippen LogP contribution < -0.4 is 4.31 Å². The zero-order valence-electron chi connectivity index (χ0n) is 14.7. The molecule has 7 heteroatoms. The first-order valence-electron chi connectivity index (χ1n) is 8.38. The number of hydrogen-bond acceptors (Lipinski definition) is 3. The summed E-state index contributed by atoms with van der Waals surface area (Å²) >= 11 is 0. The highest BCUT2D eigenvalue weighted by atomic mass is 32.2. The van der Waals surface area contributed by atoms with Crippen molar-refractivity contribution in [3.63, 3.8) is 0 Å². The fourth-order valence-corrected chi connectivity index (χ4v) is 4.52. The Morgan fingerprint density at radius 1 is 1.12 bits per heavy atom. The van der Waals surface area contributed by atoms with Gasteiger partial charge in [-0.2, -0.15) is 0 Å². The number of carbonyl (C=O) groups is 1. The van der Waals surface area contributed by atoms with Crippen LogP contribution in [0.3, 0.4) is 0 Å². The average Bonchev–Trinajstić information content (AvgIpc) is 2.61. The van der Waals surface area contributed by atoms with E-state index in [-0.39, 0.29) is 11.6 Å². The maximum atomic E-state index is 14.2. The van der Waals surface area contributed by atoms with Crippen LogP contribution in [0.25, 0.3) is 0 Å². The predicted octanol–water partition coefficient (Wildman–Crippen LogP) is 2.57. The first-order valence-corrected chi connectivity index (χ1v) is 10.2. The first kappa shape index (κ1) is 18.4. The fraction of sp³-hybridized carbons (Fsp3) is 0.316. The molecule has 0 unspecified atom stereocenters. The van der Waals surface area contributed by atoms with Gasteiger partial charge in [-0.05, 0) is 36.6 Å². The molecule has 1 amide bonds. The van der Waals surface area contributed by atoms with Crippen LogP contribution in [-0.4, -0.2) is 38.1 Å². The third kappa shape index (κ3) is 3.58. The van der Waals surface area contributed by atoms with Crippen molar-refractivity contribution in [3.05, 3.63) is 65.5 Å². The van der Waals surface area contributed by atoms with Crippen LogP contribution in [0.1, 0.15) is 18.1 Å². The van der Waals surface area contributed by atoms with Gasteiger partial charge in [0.2, 0.25) is 15.9 Å². The van der Waals surface area contributed by atoms with Crippen molar-refractivity contribution in [2.24, 2.45) is 0 Å². The van der Waals surface area contributed by atoms with Gasteiger partial charge in [0, 0.05) is 13.1 Å². The lowest BCUT2D eigenvalue weighted by Crippen LogP contribution is -2.50. The quantitative estimate of drug-likeness (QED) is 0.824. The fourth-order valence-electron chi connectivity index (χ4n) is 3.35. The monoisotopic (exact) mass is 376 g/mol. The van der Waals surface area contributed by atoms with Crippen LogP contribution in [0.4, 0.5) is 10.1 Å². The molecule has 3 rings (SSSR count). The van der Waals surface area contributed by atoms with E-state index in [1.54, 1.807) is 11.0 Å². The molecule has 2 aromatic carbocycles. The second-order valence-corrected chi connectivity index (χ2v) is 8.32. The number of sulfonamides is 1. The number of amides is 1. The molecule has 0 saturated carbocycles.